The second kappa shape index (κ2) is 6.87. The smallest absolute Gasteiger partial charge is 0.150 e. The van der Waals surface area contributed by atoms with Crippen LogP contribution in [0.1, 0.15) is 26.2 Å². The SMILES string of the molecule is CCCNC(CCSC)C1CCS(=O)(=O)C1. The number of sulfone groups is 1. The van der Waals surface area contributed by atoms with E-state index >= 15 is 0 Å². The van der Waals surface area contributed by atoms with E-state index in [9.17, 15) is 8.42 Å². The standard InChI is InChI=1S/C11H23NO2S2/c1-3-6-12-11(4-7-15-2)10-5-8-16(13,14)9-10/h10-12H,3-9H2,1-2H3. The van der Waals surface area contributed by atoms with Crippen molar-refractivity contribution in [1.29, 1.82) is 0 Å². The molecule has 0 radical (unpaired) electrons. The number of nitrogens with one attached hydrogen (secondary N) is 1. The van der Waals surface area contributed by atoms with Crippen molar-refractivity contribution in [3.05, 3.63) is 0 Å². The molecule has 5 heteroatoms. The van der Waals surface area contributed by atoms with Gasteiger partial charge in [-0.1, -0.05) is 6.92 Å². The van der Waals surface area contributed by atoms with Crippen LogP contribution in [0.15, 0.2) is 0 Å². The molecule has 0 saturated carbocycles. The molecular weight excluding hydrogens is 242 g/mol. The highest BCUT2D eigenvalue weighted by molar-refractivity contribution is 7.98. The van der Waals surface area contributed by atoms with Gasteiger partial charge in [-0.2, -0.15) is 11.8 Å². The summed E-state index contributed by atoms with van der Waals surface area (Å²) in [5.41, 5.74) is 0. The Morgan fingerprint density at radius 2 is 2.25 bits per heavy atom. The quantitative estimate of drug-likeness (QED) is 0.758. The molecule has 96 valence electrons. The number of hydrogen-bond acceptors (Lipinski definition) is 4. The summed E-state index contributed by atoms with van der Waals surface area (Å²) in [6.07, 6.45) is 5.14. The molecule has 2 atom stereocenters. The molecule has 1 saturated heterocycles. The van der Waals surface area contributed by atoms with Gasteiger partial charge in [0.2, 0.25) is 0 Å². The predicted octanol–water partition coefficient (Wildman–Crippen LogP) is 1.54. The van der Waals surface area contributed by atoms with E-state index in [0.717, 1.165) is 31.6 Å². The lowest BCUT2D eigenvalue weighted by molar-refractivity contribution is 0.374. The highest BCUT2D eigenvalue weighted by Gasteiger charge is 2.32. The van der Waals surface area contributed by atoms with E-state index in [1.807, 2.05) is 11.8 Å². The Bertz CT molecular complexity index is 282. The first-order valence-corrected chi connectivity index (χ1v) is 9.23. The molecule has 16 heavy (non-hydrogen) atoms. The zero-order valence-electron chi connectivity index (χ0n) is 10.2. The van der Waals surface area contributed by atoms with Crippen molar-refractivity contribution < 1.29 is 8.42 Å². The van der Waals surface area contributed by atoms with Crippen LogP contribution < -0.4 is 5.32 Å². The van der Waals surface area contributed by atoms with Crippen LogP contribution in [-0.4, -0.2) is 44.5 Å². The first-order chi connectivity index (χ1) is 7.59. The molecule has 0 aliphatic carbocycles. The minimum absolute atomic E-state index is 0.337. The molecule has 1 N–H and O–H groups in total. The van der Waals surface area contributed by atoms with Crippen LogP contribution in [0.4, 0.5) is 0 Å². The fourth-order valence-electron chi connectivity index (χ4n) is 2.22. The summed E-state index contributed by atoms with van der Waals surface area (Å²) in [6, 6.07) is 0.393. The van der Waals surface area contributed by atoms with Gasteiger partial charge in [0.15, 0.2) is 9.84 Å². The molecule has 0 aromatic carbocycles. The molecule has 0 aromatic heterocycles. The Morgan fingerprint density at radius 3 is 2.75 bits per heavy atom. The normalized spacial score (nSPS) is 25.8. The maximum atomic E-state index is 11.5. The van der Waals surface area contributed by atoms with Gasteiger partial charge in [-0.25, -0.2) is 8.42 Å². The summed E-state index contributed by atoms with van der Waals surface area (Å²) >= 11 is 1.83. The van der Waals surface area contributed by atoms with E-state index in [1.54, 1.807) is 0 Å². The average molecular weight is 265 g/mol. The summed E-state index contributed by atoms with van der Waals surface area (Å²) in [6.45, 7) is 3.14. The third-order valence-electron chi connectivity index (χ3n) is 3.13. The van der Waals surface area contributed by atoms with E-state index in [2.05, 4.69) is 18.5 Å². The monoisotopic (exact) mass is 265 g/mol. The Labute approximate surface area is 104 Å². The molecule has 1 fully saturated rings. The molecular formula is C11H23NO2S2. The van der Waals surface area contributed by atoms with E-state index < -0.39 is 9.84 Å². The molecule has 1 heterocycles. The molecule has 0 amide bonds. The largest absolute Gasteiger partial charge is 0.314 e. The Hall–Kier alpha value is 0.260. The lowest BCUT2D eigenvalue weighted by Crippen LogP contribution is -2.37. The lowest BCUT2D eigenvalue weighted by atomic mass is 9.97. The van der Waals surface area contributed by atoms with Crippen LogP contribution in [-0.2, 0) is 9.84 Å². The van der Waals surface area contributed by atoms with Gasteiger partial charge >= 0.3 is 0 Å². The van der Waals surface area contributed by atoms with Crippen LogP contribution in [0.25, 0.3) is 0 Å². The second-order valence-corrected chi connectivity index (χ2v) is 7.72. The average Bonchev–Trinajstić information content (AvgIpc) is 2.59. The number of thioether (sulfide) groups is 1. The molecule has 1 rings (SSSR count). The highest BCUT2D eigenvalue weighted by atomic mass is 32.2. The fraction of sp³-hybridized carbons (Fsp3) is 1.00. The van der Waals surface area contributed by atoms with Gasteiger partial charge in [0.1, 0.15) is 0 Å². The molecule has 0 spiro atoms. The Balaban J connectivity index is 2.48. The highest BCUT2D eigenvalue weighted by Crippen LogP contribution is 2.24. The molecule has 1 aliphatic rings. The van der Waals surface area contributed by atoms with E-state index in [1.165, 1.54) is 0 Å². The van der Waals surface area contributed by atoms with E-state index in [0.29, 0.717) is 23.5 Å². The summed E-state index contributed by atoms with van der Waals surface area (Å²) in [5.74, 6) is 2.23. The fourth-order valence-corrected chi connectivity index (χ4v) is 4.59. The minimum atomic E-state index is -2.74. The predicted molar refractivity (Wildman–Crippen MR) is 71.8 cm³/mol. The van der Waals surface area contributed by atoms with Crippen LogP contribution >= 0.6 is 11.8 Å². The van der Waals surface area contributed by atoms with Gasteiger partial charge in [0, 0.05) is 6.04 Å². The third-order valence-corrected chi connectivity index (χ3v) is 5.56. The summed E-state index contributed by atoms with van der Waals surface area (Å²) in [4.78, 5) is 0. The topological polar surface area (TPSA) is 46.2 Å². The second-order valence-electron chi connectivity index (χ2n) is 4.51. The molecule has 0 aromatic rings. The van der Waals surface area contributed by atoms with Gasteiger partial charge in [0.25, 0.3) is 0 Å². The van der Waals surface area contributed by atoms with Crippen molar-refractivity contribution >= 4 is 21.6 Å². The maximum Gasteiger partial charge on any atom is 0.150 e. The summed E-state index contributed by atoms with van der Waals surface area (Å²) < 4.78 is 22.9. The molecule has 3 nitrogen and oxygen atoms in total. The van der Waals surface area contributed by atoms with Gasteiger partial charge in [0.05, 0.1) is 11.5 Å². The van der Waals surface area contributed by atoms with Crippen molar-refractivity contribution in [3.8, 4) is 0 Å². The van der Waals surface area contributed by atoms with Crippen LogP contribution in [0.2, 0.25) is 0 Å². The van der Waals surface area contributed by atoms with Crippen molar-refractivity contribution in [3.63, 3.8) is 0 Å². The summed E-state index contributed by atoms with van der Waals surface area (Å²) in [5, 5.41) is 3.51. The van der Waals surface area contributed by atoms with E-state index in [-0.39, 0.29) is 0 Å². The maximum absolute atomic E-state index is 11.5. The van der Waals surface area contributed by atoms with Gasteiger partial charge in [-0.3, -0.25) is 0 Å². The van der Waals surface area contributed by atoms with Crippen LogP contribution in [0.5, 0.6) is 0 Å². The first kappa shape index (κ1) is 14.3. The zero-order valence-corrected chi connectivity index (χ0v) is 11.9. The first-order valence-electron chi connectivity index (χ1n) is 6.02. The van der Waals surface area contributed by atoms with Crippen LogP contribution in [0.3, 0.4) is 0 Å². The van der Waals surface area contributed by atoms with Crippen molar-refractivity contribution in [2.45, 2.75) is 32.2 Å². The molecule has 0 bridgehead atoms. The zero-order chi connectivity index (χ0) is 12.0. The van der Waals surface area contributed by atoms with E-state index in [4.69, 9.17) is 0 Å². The number of hydrogen-bond donors (Lipinski definition) is 1. The van der Waals surface area contributed by atoms with Gasteiger partial charge in [-0.15, -0.1) is 0 Å². The Kier molecular flexibility index (Phi) is 6.15. The minimum Gasteiger partial charge on any atom is -0.314 e. The Morgan fingerprint density at radius 1 is 1.50 bits per heavy atom. The van der Waals surface area contributed by atoms with Crippen molar-refractivity contribution in [2.75, 3.05) is 30.1 Å². The lowest BCUT2D eigenvalue weighted by Gasteiger charge is -2.23. The van der Waals surface area contributed by atoms with Crippen LogP contribution in [0, 0.1) is 5.92 Å². The third kappa shape index (κ3) is 4.63. The van der Waals surface area contributed by atoms with Gasteiger partial charge in [-0.05, 0) is 43.7 Å². The van der Waals surface area contributed by atoms with Crippen molar-refractivity contribution in [1.82, 2.24) is 5.32 Å². The number of rotatable bonds is 7. The molecule has 2 unspecified atom stereocenters. The van der Waals surface area contributed by atoms with Gasteiger partial charge < -0.3 is 5.32 Å². The molecule has 1 aliphatic heterocycles. The summed E-state index contributed by atoms with van der Waals surface area (Å²) in [7, 11) is -2.74. The van der Waals surface area contributed by atoms with Crippen molar-refractivity contribution in [2.24, 2.45) is 5.92 Å².